The Morgan fingerprint density at radius 2 is 2.10 bits per heavy atom. The monoisotopic (exact) mass is 422 g/mol. The molecule has 4 rings (SSSR count). The number of carbonyl (C=O) groups is 1. The van der Waals surface area contributed by atoms with E-state index in [-0.39, 0.29) is 11.9 Å². The summed E-state index contributed by atoms with van der Waals surface area (Å²) in [7, 11) is 4.11. The Hall–Kier alpha value is -2.48. The predicted octanol–water partition coefficient (Wildman–Crippen LogP) is 2.48. The molecule has 1 amide bonds. The van der Waals surface area contributed by atoms with Crippen molar-refractivity contribution < 1.29 is 4.79 Å². The first-order valence-corrected chi connectivity index (χ1v) is 11.3. The van der Waals surface area contributed by atoms with E-state index in [2.05, 4.69) is 65.8 Å². The summed E-state index contributed by atoms with van der Waals surface area (Å²) in [6, 6.07) is 10.8. The molecule has 7 nitrogen and oxygen atoms in total. The van der Waals surface area contributed by atoms with Gasteiger partial charge in [0.15, 0.2) is 0 Å². The van der Waals surface area contributed by atoms with Gasteiger partial charge in [0, 0.05) is 62.0 Å². The molecule has 1 fully saturated rings. The van der Waals surface area contributed by atoms with Crippen molar-refractivity contribution in [1.82, 2.24) is 25.5 Å². The van der Waals surface area contributed by atoms with Crippen LogP contribution in [0.3, 0.4) is 0 Å². The number of nitrogens with one attached hydrogen (secondary N) is 2. The number of nitrogens with zero attached hydrogens (tertiary/aromatic N) is 4. The van der Waals surface area contributed by atoms with E-state index in [0.717, 1.165) is 67.3 Å². The van der Waals surface area contributed by atoms with Crippen LogP contribution in [0.15, 0.2) is 30.3 Å². The highest BCUT2D eigenvalue weighted by atomic mass is 16.2. The number of benzene rings is 1. The van der Waals surface area contributed by atoms with E-state index in [1.807, 2.05) is 18.0 Å². The standard InChI is InChI=1S/C24H34N6O/c1-17(2)30-23-21(15-26-30)20(24(31)29-10-6-11-29)14-22(27-23)19-8-5-7-18(13-19)16-28(4)12-9-25-3/h5,7-8,13-14,17,25-26H,6,9-12,15-16H2,1-4H3. The highest BCUT2D eigenvalue weighted by molar-refractivity contribution is 5.98. The quantitative estimate of drug-likeness (QED) is 0.682. The van der Waals surface area contributed by atoms with Crippen molar-refractivity contribution >= 4 is 11.7 Å². The molecule has 2 N–H and O–H groups in total. The van der Waals surface area contributed by atoms with Crippen molar-refractivity contribution in [2.75, 3.05) is 45.3 Å². The summed E-state index contributed by atoms with van der Waals surface area (Å²) in [4.78, 5) is 22.4. The van der Waals surface area contributed by atoms with Gasteiger partial charge in [0.25, 0.3) is 5.91 Å². The van der Waals surface area contributed by atoms with Gasteiger partial charge in [-0.05, 0) is 52.1 Å². The van der Waals surface area contributed by atoms with E-state index in [4.69, 9.17) is 4.98 Å². The number of hydrazine groups is 1. The van der Waals surface area contributed by atoms with Gasteiger partial charge < -0.3 is 15.1 Å². The number of hydrogen-bond donors (Lipinski definition) is 2. The molecule has 31 heavy (non-hydrogen) atoms. The van der Waals surface area contributed by atoms with Crippen LogP contribution in [0.1, 0.15) is 41.8 Å². The van der Waals surface area contributed by atoms with Crippen molar-refractivity contribution in [3.05, 3.63) is 47.0 Å². The van der Waals surface area contributed by atoms with Crippen LogP contribution in [0.25, 0.3) is 11.3 Å². The number of pyridine rings is 1. The number of amides is 1. The van der Waals surface area contributed by atoms with E-state index >= 15 is 0 Å². The maximum Gasteiger partial charge on any atom is 0.254 e. The van der Waals surface area contributed by atoms with Crippen molar-refractivity contribution in [1.29, 1.82) is 0 Å². The van der Waals surface area contributed by atoms with E-state index in [0.29, 0.717) is 6.54 Å². The number of likely N-dealkylation sites (N-methyl/N-ethyl adjacent to an activating group) is 2. The van der Waals surface area contributed by atoms with Crippen LogP contribution in [0.5, 0.6) is 0 Å². The second-order valence-corrected chi connectivity index (χ2v) is 8.84. The van der Waals surface area contributed by atoms with Gasteiger partial charge in [0.2, 0.25) is 0 Å². The van der Waals surface area contributed by atoms with Crippen LogP contribution >= 0.6 is 0 Å². The number of rotatable bonds is 8. The summed E-state index contributed by atoms with van der Waals surface area (Å²) in [6.45, 7) is 9.43. The van der Waals surface area contributed by atoms with Gasteiger partial charge in [-0.2, -0.15) is 0 Å². The number of fused-ring (bicyclic) bond motifs is 1. The van der Waals surface area contributed by atoms with Gasteiger partial charge in [-0.15, -0.1) is 0 Å². The van der Waals surface area contributed by atoms with E-state index in [1.165, 1.54) is 5.56 Å². The zero-order chi connectivity index (χ0) is 22.0. The third-order valence-corrected chi connectivity index (χ3v) is 6.07. The van der Waals surface area contributed by atoms with Gasteiger partial charge >= 0.3 is 0 Å². The lowest BCUT2D eigenvalue weighted by Crippen LogP contribution is -2.42. The second kappa shape index (κ2) is 9.34. The lowest BCUT2D eigenvalue weighted by atomic mass is 10.0. The molecule has 2 aliphatic rings. The van der Waals surface area contributed by atoms with Gasteiger partial charge in [0.1, 0.15) is 5.82 Å². The average molecular weight is 423 g/mol. The minimum atomic E-state index is 0.126. The topological polar surface area (TPSA) is 63.7 Å². The molecule has 7 heteroatoms. The zero-order valence-corrected chi connectivity index (χ0v) is 19.1. The molecule has 0 unspecified atom stereocenters. The fraction of sp³-hybridized carbons (Fsp3) is 0.500. The summed E-state index contributed by atoms with van der Waals surface area (Å²) in [5, 5.41) is 5.28. The third kappa shape index (κ3) is 4.59. The Balaban J connectivity index is 1.69. The molecular weight excluding hydrogens is 388 g/mol. The maximum absolute atomic E-state index is 13.2. The average Bonchev–Trinajstić information content (AvgIpc) is 3.14. The van der Waals surface area contributed by atoms with Crippen LogP contribution in [0, 0.1) is 0 Å². The van der Waals surface area contributed by atoms with Crippen molar-refractivity contribution in [3.63, 3.8) is 0 Å². The Morgan fingerprint density at radius 1 is 1.29 bits per heavy atom. The van der Waals surface area contributed by atoms with E-state index in [9.17, 15) is 4.79 Å². The minimum absolute atomic E-state index is 0.126. The minimum Gasteiger partial charge on any atom is -0.339 e. The lowest BCUT2D eigenvalue weighted by molar-refractivity contribution is 0.0650. The normalized spacial score (nSPS) is 15.5. The number of carbonyl (C=O) groups excluding carboxylic acids is 1. The first kappa shape index (κ1) is 21.7. The first-order valence-electron chi connectivity index (χ1n) is 11.3. The Kier molecular flexibility index (Phi) is 6.55. The molecular formula is C24H34N6O. The Bertz CT molecular complexity index is 940. The zero-order valence-electron chi connectivity index (χ0n) is 19.1. The summed E-state index contributed by atoms with van der Waals surface area (Å²) >= 11 is 0. The third-order valence-electron chi connectivity index (χ3n) is 6.07. The highest BCUT2D eigenvalue weighted by Crippen LogP contribution is 2.33. The van der Waals surface area contributed by atoms with Gasteiger partial charge in [-0.3, -0.25) is 9.80 Å². The lowest BCUT2D eigenvalue weighted by Gasteiger charge is -2.31. The Morgan fingerprint density at radius 3 is 2.77 bits per heavy atom. The number of hydrogen-bond acceptors (Lipinski definition) is 6. The SMILES string of the molecule is CNCCN(C)Cc1cccc(-c2cc(C(=O)N3CCC3)c3c(n2)N(C(C)C)NC3)c1. The van der Waals surface area contributed by atoms with Crippen LogP contribution in [0.2, 0.25) is 0 Å². The number of likely N-dealkylation sites (tertiary alicyclic amines) is 1. The summed E-state index contributed by atoms with van der Waals surface area (Å²) in [6.07, 6.45) is 1.09. The molecule has 0 atom stereocenters. The van der Waals surface area contributed by atoms with Gasteiger partial charge in [-0.25, -0.2) is 10.4 Å². The molecule has 166 valence electrons. The molecule has 1 aromatic heterocycles. The van der Waals surface area contributed by atoms with Gasteiger partial charge in [0.05, 0.1) is 5.69 Å². The number of aromatic nitrogens is 1. The van der Waals surface area contributed by atoms with Crippen molar-refractivity contribution in [2.45, 2.75) is 39.4 Å². The highest BCUT2D eigenvalue weighted by Gasteiger charge is 2.31. The summed E-state index contributed by atoms with van der Waals surface area (Å²) < 4.78 is 0. The van der Waals surface area contributed by atoms with Crippen LogP contribution in [0.4, 0.5) is 5.82 Å². The molecule has 0 radical (unpaired) electrons. The van der Waals surface area contributed by atoms with E-state index in [1.54, 1.807) is 0 Å². The fourth-order valence-electron chi connectivity index (χ4n) is 4.15. The molecule has 0 aliphatic carbocycles. The first-order chi connectivity index (χ1) is 15.0. The predicted molar refractivity (Wildman–Crippen MR) is 125 cm³/mol. The number of anilines is 1. The summed E-state index contributed by atoms with van der Waals surface area (Å²) in [5.74, 6) is 1.01. The van der Waals surface area contributed by atoms with Crippen LogP contribution < -0.4 is 15.8 Å². The van der Waals surface area contributed by atoms with E-state index < -0.39 is 0 Å². The Labute approximate surface area is 185 Å². The van der Waals surface area contributed by atoms with Crippen LogP contribution in [-0.4, -0.2) is 67.0 Å². The molecule has 2 aliphatic heterocycles. The summed E-state index contributed by atoms with van der Waals surface area (Å²) in [5.41, 5.74) is 8.36. The van der Waals surface area contributed by atoms with Crippen molar-refractivity contribution in [2.24, 2.45) is 0 Å². The largest absolute Gasteiger partial charge is 0.339 e. The molecule has 0 saturated carbocycles. The van der Waals surface area contributed by atoms with Crippen molar-refractivity contribution in [3.8, 4) is 11.3 Å². The van der Waals surface area contributed by atoms with Gasteiger partial charge in [-0.1, -0.05) is 18.2 Å². The molecule has 0 spiro atoms. The smallest absolute Gasteiger partial charge is 0.254 e. The fourth-order valence-corrected chi connectivity index (χ4v) is 4.15. The molecule has 2 aromatic rings. The maximum atomic E-state index is 13.2. The van der Waals surface area contributed by atoms with Crippen LogP contribution in [-0.2, 0) is 13.1 Å². The molecule has 1 aromatic carbocycles. The molecule has 0 bridgehead atoms. The second-order valence-electron chi connectivity index (χ2n) is 8.84. The molecule has 1 saturated heterocycles. The molecule has 3 heterocycles.